The van der Waals surface area contributed by atoms with Crippen LogP contribution in [0.15, 0.2) is 30.6 Å². The first-order valence-electron chi connectivity index (χ1n) is 6.74. The summed E-state index contributed by atoms with van der Waals surface area (Å²) in [5, 5.41) is 9.38. The first kappa shape index (κ1) is 12.2. The molecular formula is C15H18N4. The lowest BCUT2D eigenvalue weighted by Crippen LogP contribution is -2.42. The predicted octanol–water partition coefficient (Wildman–Crippen LogP) is 1.73. The average Bonchev–Trinajstić information content (AvgIpc) is 2.75. The highest BCUT2D eigenvalue weighted by molar-refractivity contribution is 5.65. The molecule has 4 heteroatoms. The molecule has 19 heavy (non-hydrogen) atoms. The van der Waals surface area contributed by atoms with E-state index in [0.29, 0.717) is 0 Å². The quantitative estimate of drug-likeness (QED) is 0.888. The summed E-state index contributed by atoms with van der Waals surface area (Å²) in [6.07, 6.45) is 6.31. The Hall–Kier alpha value is -1.83. The highest BCUT2D eigenvalue weighted by Crippen LogP contribution is 2.21. The third kappa shape index (κ3) is 2.35. The SMILES string of the molecule is N#Cc1c(CN2CCCC(N)C2)cn2ccccc12. The molecule has 2 aromatic heterocycles. The van der Waals surface area contributed by atoms with Gasteiger partial charge in [-0.25, -0.2) is 0 Å². The van der Waals surface area contributed by atoms with E-state index >= 15 is 0 Å². The lowest BCUT2D eigenvalue weighted by molar-refractivity contribution is 0.201. The second-order valence-electron chi connectivity index (χ2n) is 5.27. The number of nitrogens with two attached hydrogens (primary N) is 1. The lowest BCUT2D eigenvalue weighted by atomic mass is 10.1. The molecule has 1 atom stereocenters. The number of likely N-dealkylation sites (tertiary alicyclic amines) is 1. The summed E-state index contributed by atoms with van der Waals surface area (Å²) in [5.41, 5.74) is 8.89. The fourth-order valence-corrected chi connectivity index (χ4v) is 2.90. The third-order valence-corrected chi connectivity index (χ3v) is 3.81. The number of hydrogen-bond donors (Lipinski definition) is 1. The molecule has 3 heterocycles. The molecule has 0 aromatic carbocycles. The van der Waals surface area contributed by atoms with Gasteiger partial charge in [-0.3, -0.25) is 4.90 Å². The van der Waals surface area contributed by atoms with E-state index in [0.717, 1.165) is 49.1 Å². The van der Waals surface area contributed by atoms with Crippen molar-refractivity contribution in [3.8, 4) is 6.07 Å². The number of nitriles is 1. The van der Waals surface area contributed by atoms with Crippen LogP contribution in [-0.4, -0.2) is 28.4 Å². The van der Waals surface area contributed by atoms with Crippen LogP contribution in [0.3, 0.4) is 0 Å². The average molecular weight is 254 g/mol. The minimum atomic E-state index is 0.274. The summed E-state index contributed by atoms with van der Waals surface area (Å²) in [7, 11) is 0. The van der Waals surface area contributed by atoms with Gasteiger partial charge in [0.2, 0.25) is 0 Å². The van der Waals surface area contributed by atoms with Crippen molar-refractivity contribution in [3.05, 3.63) is 41.7 Å². The summed E-state index contributed by atoms with van der Waals surface area (Å²) in [6, 6.07) is 8.55. The number of pyridine rings is 1. The van der Waals surface area contributed by atoms with E-state index in [2.05, 4.69) is 17.2 Å². The van der Waals surface area contributed by atoms with E-state index in [1.54, 1.807) is 0 Å². The molecule has 0 bridgehead atoms. The number of fused-ring (bicyclic) bond motifs is 1. The summed E-state index contributed by atoms with van der Waals surface area (Å²) in [6.45, 7) is 2.82. The Balaban J connectivity index is 1.90. The van der Waals surface area contributed by atoms with E-state index in [1.165, 1.54) is 0 Å². The number of hydrogen-bond acceptors (Lipinski definition) is 3. The van der Waals surface area contributed by atoms with Gasteiger partial charge < -0.3 is 10.1 Å². The van der Waals surface area contributed by atoms with Crippen LogP contribution in [0.25, 0.3) is 5.52 Å². The summed E-state index contributed by atoms with van der Waals surface area (Å²) >= 11 is 0. The van der Waals surface area contributed by atoms with Gasteiger partial charge in [0.05, 0.1) is 11.1 Å². The van der Waals surface area contributed by atoms with Crippen molar-refractivity contribution >= 4 is 5.52 Å². The molecule has 2 N–H and O–H groups in total. The van der Waals surface area contributed by atoms with E-state index in [4.69, 9.17) is 5.73 Å². The normalized spacial score (nSPS) is 20.5. The van der Waals surface area contributed by atoms with Crippen molar-refractivity contribution in [2.75, 3.05) is 13.1 Å². The van der Waals surface area contributed by atoms with Gasteiger partial charge in [-0.2, -0.15) is 5.26 Å². The van der Waals surface area contributed by atoms with E-state index in [1.807, 2.05) is 28.8 Å². The number of rotatable bonds is 2. The third-order valence-electron chi connectivity index (χ3n) is 3.81. The lowest BCUT2D eigenvalue weighted by Gasteiger charge is -2.30. The minimum Gasteiger partial charge on any atom is -0.327 e. The van der Waals surface area contributed by atoms with E-state index in [9.17, 15) is 5.26 Å². The van der Waals surface area contributed by atoms with Crippen LogP contribution in [0.1, 0.15) is 24.0 Å². The Morgan fingerprint density at radius 3 is 3.11 bits per heavy atom. The van der Waals surface area contributed by atoms with Gasteiger partial charge in [0.25, 0.3) is 0 Å². The fraction of sp³-hybridized carbons (Fsp3) is 0.400. The van der Waals surface area contributed by atoms with Gasteiger partial charge in [0.1, 0.15) is 6.07 Å². The second-order valence-corrected chi connectivity index (χ2v) is 5.27. The van der Waals surface area contributed by atoms with Crippen LogP contribution in [0.2, 0.25) is 0 Å². The molecule has 2 aromatic rings. The zero-order valence-electron chi connectivity index (χ0n) is 10.9. The molecular weight excluding hydrogens is 236 g/mol. The van der Waals surface area contributed by atoms with E-state index in [-0.39, 0.29) is 6.04 Å². The van der Waals surface area contributed by atoms with Gasteiger partial charge in [-0.1, -0.05) is 6.07 Å². The highest BCUT2D eigenvalue weighted by atomic mass is 15.1. The molecule has 1 fully saturated rings. The first-order valence-corrected chi connectivity index (χ1v) is 6.74. The first-order chi connectivity index (χ1) is 9.28. The molecule has 0 amide bonds. The summed E-state index contributed by atoms with van der Waals surface area (Å²) in [5.74, 6) is 0. The summed E-state index contributed by atoms with van der Waals surface area (Å²) < 4.78 is 2.03. The Morgan fingerprint density at radius 1 is 1.42 bits per heavy atom. The minimum absolute atomic E-state index is 0.274. The largest absolute Gasteiger partial charge is 0.327 e. The Kier molecular flexibility index (Phi) is 3.24. The maximum atomic E-state index is 9.38. The Bertz CT molecular complexity index is 623. The molecule has 98 valence electrons. The molecule has 0 spiro atoms. The van der Waals surface area contributed by atoms with Crippen molar-refractivity contribution in [3.63, 3.8) is 0 Å². The van der Waals surface area contributed by atoms with Crippen LogP contribution in [0.5, 0.6) is 0 Å². The maximum Gasteiger partial charge on any atom is 0.102 e. The highest BCUT2D eigenvalue weighted by Gasteiger charge is 2.19. The molecule has 0 radical (unpaired) electrons. The maximum absolute atomic E-state index is 9.38. The topological polar surface area (TPSA) is 57.5 Å². The molecule has 3 rings (SSSR count). The van der Waals surface area contributed by atoms with Crippen LogP contribution < -0.4 is 5.73 Å². The Labute approximate surface area is 113 Å². The van der Waals surface area contributed by atoms with Crippen molar-refractivity contribution in [1.29, 1.82) is 5.26 Å². The molecule has 1 aliphatic rings. The van der Waals surface area contributed by atoms with Gasteiger partial charge in [0, 0.05) is 37.1 Å². The zero-order valence-corrected chi connectivity index (χ0v) is 10.9. The monoisotopic (exact) mass is 254 g/mol. The standard InChI is InChI=1S/C15H18N4/c16-8-14-12(9-18-6-3-4-13(17)11-18)10-19-7-2-1-5-15(14)19/h1-2,5,7,10,13H,3-4,6,9,11,17H2. The van der Waals surface area contributed by atoms with Crippen molar-refractivity contribution < 1.29 is 0 Å². The smallest absolute Gasteiger partial charge is 0.102 e. The Morgan fingerprint density at radius 2 is 2.32 bits per heavy atom. The predicted molar refractivity (Wildman–Crippen MR) is 74.6 cm³/mol. The van der Waals surface area contributed by atoms with Crippen molar-refractivity contribution in [2.45, 2.75) is 25.4 Å². The van der Waals surface area contributed by atoms with Crippen LogP contribution >= 0.6 is 0 Å². The second kappa shape index (κ2) is 5.04. The number of piperidine rings is 1. The van der Waals surface area contributed by atoms with Crippen molar-refractivity contribution in [1.82, 2.24) is 9.30 Å². The molecule has 0 saturated carbocycles. The number of aromatic nitrogens is 1. The molecule has 1 saturated heterocycles. The van der Waals surface area contributed by atoms with Crippen LogP contribution in [-0.2, 0) is 6.54 Å². The molecule has 0 aliphatic carbocycles. The van der Waals surface area contributed by atoms with Gasteiger partial charge >= 0.3 is 0 Å². The van der Waals surface area contributed by atoms with Gasteiger partial charge in [-0.15, -0.1) is 0 Å². The van der Waals surface area contributed by atoms with Crippen LogP contribution in [0.4, 0.5) is 0 Å². The van der Waals surface area contributed by atoms with Gasteiger partial charge in [0.15, 0.2) is 0 Å². The van der Waals surface area contributed by atoms with Crippen molar-refractivity contribution in [2.24, 2.45) is 5.73 Å². The zero-order chi connectivity index (χ0) is 13.2. The molecule has 1 aliphatic heterocycles. The molecule has 4 nitrogen and oxygen atoms in total. The van der Waals surface area contributed by atoms with Crippen LogP contribution in [0, 0.1) is 11.3 Å². The van der Waals surface area contributed by atoms with E-state index < -0.39 is 0 Å². The summed E-state index contributed by atoms with van der Waals surface area (Å²) in [4.78, 5) is 2.35. The number of nitrogens with zero attached hydrogens (tertiary/aromatic N) is 3. The fourth-order valence-electron chi connectivity index (χ4n) is 2.90. The van der Waals surface area contributed by atoms with Gasteiger partial charge in [-0.05, 0) is 31.5 Å². The molecule has 1 unspecified atom stereocenters.